The number of ether oxygens (including phenoxy) is 1. The Balaban J connectivity index is 1.31. The van der Waals surface area contributed by atoms with Gasteiger partial charge < -0.3 is 14.7 Å². The molecule has 8 heteroatoms. The predicted octanol–water partition coefficient (Wildman–Crippen LogP) is 7.16. The molecule has 180 valence electrons. The van der Waals surface area contributed by atoms with Crippen LogP contribution in [0.1, 0.15) is 0 Å². The summed E-state index contributed by atoms with van der Waals surface area (Å²) in [5, 5.41) is 21.5. The molecule has 0 aliphatic carbocycles. The molecular formula is C29H20ClN5O2. The molecule has 0 atom stereocenters. The van der Waals surface area contributed by atoms with Gasteiger partial charge in [0.1, 0.15) is 22.7 Å². The molecule has 0 fully saturated rings. The second kappa shape index (κ2) is 9.37. The molecule has 1 N–H and O–H groups in total. The first kappa shape index (κ1) is 22.7. The third-order valence-electron chi connectivity index (χ3n) is 6.08. The second-order valence-electron chi connectivity index (χ2n) is 8.45. The summed E-state index contributed by atoms with van der Waals surface area (Å²) in [5.41, 5.74) is 3.82. The fraction of sp³-hybridized carbons (Fsp3) is 0.0345. The molecule has 0 aliphatic rings. The highest BCUT2D eigenvalue weighted by Crippen LogP contribution is 2.35. The molecular weight excluding hydrogens is 486 g/mol. The number of halogens is 1. The smallest absolute Gasteiger partial charge is 0.163 e. The number of hydrogen-bond acceptors (Lipinski definition) is 7. The third-order valence-corrected chi connectivity index (χ3v) is 6.33. The number of aromatic hydroxyl groups is 1. The van der Waals surface area contributed by atoms with Crippen LogP contribution >= 0.6 is 11.6 Å². The van der Waals surface area contributed by atoms with E-state index in [1.807, 2.05) is 78.7 Å². The maximum atomic E-state index is 9.67. The van der Waals surface area contributed by atoms with Crippen molar-refractivity contribution in [1.29, 1.82) is 0 Å². The minimum Gasteiger partial charge on any atom is -0.506 e. The van der Waals surface area contributed by atoms with E-state index in [0.717, 1.165) is 33.5 Å². The van der Waals surface area contributed by atoms with E-state index in [-0.39, 0.29) is 5.75 Å². The maximum Gasteiger partial charge on any atom is 0.163 e. The fourth-order valence-electron chi connectivity index (χ4n) is 4.22. The molecule has 0 bridgehead atoms. The Morgan fingerprint density at radius 2 is 1.59 bits per heavy atom. The zero-order valence-electron chi connectivity index (χ0n) is 19.7. The fourth-order valence-corrected chi connectivity index (χ4v) is 4.35. The summed E-state index contributed by atoms with van der Waals surface area (Å²) < 4.78 is 6.08. The van der Waals surface area contributed by atoms with Crippen molar-refractivity contribution in [2.45, 2.75) is 0 Å². The van der Waals surface area contributed by atoms with Crippen LogP contribution in [0.2, 0.25) is 5.02 Å². The van der Waals surface area contributed by atoms with Crippen LogP contribution < -0.4 is 9.64 Å². The lowest BCUT2D eigenvalue weighted by atomic mass is 10.0. The van der Waals surface area contributed by atoms with E-state index in [0.29, 0.717) is 27.6 Å². The standard InChI is InChI=1S/C29H20ClN5O2/c1-35(29-24-5-3-2-4-23(24)27(33-34-29)18-6-8-19(30)9-7-18)20-10-12-22(13-11-20)37-26-14-15-31-25-16-21(36)17-32-28(25)26/h2-17,36H,1H3. The monoisotopic (exact) mass is 505 g/mol. The molecule has 0 radical (unpaired) electrons. The summed E-state index contributed by atoms with van der Waals surface area (Å²) in [5.74, 6) is 2.00. The first-order valence-corrected chi connectivity index (χ1v) is 11.9. The molecule has 37 heavy (non-hydrogen) atoms. The van der Waals surface area contributed by atoms with Gasteiger partial charge in [-0.3, -0.25) is 4.98 Å². The van der Waals surface area contributed by atoms with E-state index in [1.165, 1.54) is 6.20 Å². The Bertz CT molecular complexity index is 1740. The highest BCUT2D eigenvalue weighted by molar-refractivity contribution is 6.30. The maximum absolute atomic E-state index is 9.67. The first-order valence-electron chi connectivity index (χ1n) is 11.5. The lowest BCUT2D eigenvalue weighted by Crippen LogP contribution is -2.12. The van der Waals surface area contributed by atoms with E-state index in [4.69, 9.17) is 16.3 Å². The van der Waals surface area contributed by atoms with E-state index in [9.17, 15) is 5.11 Å². The van der Waals surface area contributed by atoms with E-state index in [1.54, 1.807) is 18.3 Å². The number of benzene rings is 3. The van der Waals surface area contributed by atoms with E-state index in [2.05, 4.69) is 26.2 Å². The predicted molar refractivity (Wildman–Crippen MR) is 146 cm³/mol. The van der Waals surface area contributed by atoms with Gasteiger partial charge in [-0.2, -0.15) is 0 Å². The summed E-state index contributed by atoms with van der Waals surface area (Å²) in [6.45, 7) is 0. The van der Waals surface area contributed by atoms with Crippen molar-refractivity contribution < 1.29 is 9.84 Å². The first-order chi connectivity index (χ1) is 18.1. The number of fused-ring (bicyclic) bond motifs is 2. The second-order valence-corrected chi connectivity index (χ2v) is 8.89. The van der Waals surface area contributed by atoms with Gasteiger partial charge in [0.05, 0.1) is 11.7 Å². The van der Waals surface area contributed by atoms with Gasteiger partial charge in [0, 0.05) is 52.4 Å². The Morgan fingerprint density at radius 1 is 0.838 bits per heavy atom. The normalized spacial score (nSPS) is 11.1. The van der Waals surface area contributed by atoms with Gasteiger partial charge in [0.25, 0.3) is 0 Å². The molecule has 0 saturated heterocycles. The lowest BCUT2D eigenvalue weighted by Gasteiger charge is -2.21. The van der Waals surface area contributed by atoms with Crippen LogP contribution in [0.3, 0.4) is 0 Å². The Morgan fingerprint density at radius 3 is 2.38 bits per heavy atom. The number of pyridine rings is 2. The largest absolute Gasteiger partial charge is 0.506 e. The topological polar surface area (TPSA) is 84.3 Å². The van der Waals surface area contributed by atoms with Crippen LogP contribution in [-0.4, -0.2) is 32.3 Å². The van der Waals surface area contributed by atoms with Crippen LogP contribution in [0.25, 0.3) is 33.1 Å². The number of nitrogens with zero attached hydrogens (tertiary/aromatic N) is 5. The molecule has 3 aromatic heterocycles. The van der Waals surface area contributed by atoms with Gasteiger partial charge in [-0.05, 0) is 36.4 Å². The number of hydrogen-bond donors (Lipinski definition) is 1. The highest BCUT2D eigenvalue weighted by Gasteiger charge is 2.15. The van der Waals surface area contributed by atoms with Crippen molar-refractivity contribution in [1.82, 2.24) is 20.2 Å². The molecule has 0 saturated carbocycles. The molecule has 6 aromatic rings. The average Bonchev–Trinajstić information content (AvgIpc) is 2.93. The van der Waals surface area contributed by atoms with Gasteiger partial charge in [0.2, 0.25) is 0 Å². The Hall–Kier alpha value is -4.75. The van der Waals surface area contributed by atoms with Gasteiger partial charge in [-0.15, -0.1) is 10.2 Å². The number of anilines is 2. The molecule has 0 spiro atoms. The number of aromatic nitrogens is 4. The summed E-state index contributed by atoms with van der Waals surface area (Å²) in [4.78, 5) is 10.5. The number of rotatable bonds is 5. The molecule has 7 nitrogen and oxygen atoms in total. The molecule has 3 aromatic carbocycles. The van der Waals surface area contributed by atoms with Crippen molar-refractivity contribution >= 4 is 44.9 Å². The zero-order chi connectivity index (χ0) is 25.4. The molecule has 0 amide bonds. The van der Waals surface area contributed by atoms with Crippen LogP contribution in [0.5, 0.6) is 17.2 Å². The Kier molecular flexibility index (Phi) is 5.75. The quantitative estimate of drug-likeness (QED) is 0.266. The van der Waals surface area contributed by atoms with E-state index < -0.39 is 0 Å². The van der Waals surface area contributed by atoms with Crippen molar-refractivity contribution in [3.63, 3.8) is 0 Å². The van der Waals surface area contributed by atoms with Crippen LogP contribution in [0.15, 0.2) is 97.3 Å². The van der Waals surface area contributed by atoms with Crippen LogP contribution in [-0.2, 0) is 0 Å². The average molecular weight is 506 g/mol. The van der Waals surface area contributed by atoms with Crippen LogP contribution in [0.4, 0.5) is 11.5 Å². The summed E-state index contributed by atoms with van der Waals surface area (Å²) in [6.07, 6.45) is 3.00. The van der Waals surface area contributed by atoms with Gasteiger partial charge in [-0.1, -0.05) is 48.0 Å². The minimum atomic E-state index is 0.0568. The molecule has 0 unspecified atom stereocenters. The van der Waals surface area contributed by atoms with Crippen molar-refractivity contribution in [2.24, 2.45) is 0 Å². The summed E-state index contributed by atoms with van der Waals surface area (Å²) in [7, 11) is 1.96. The Labute approximate surface area is 217 Å². The molecule has 6 rings (SSSR count). The van der Waals surface area contributed by atoms with Gasteiger partial charge in [-0.25, -0.2) is 4.98 Å². The van der Waals surface area contributed by atoms with Crippen molar-refractivity contribution in [2.75, 3.05) is 11.9 Å². The van der Waals surface area contributed by atoms with Crippen molar-refractivity contribution in [3.8, 4) is 28.5 Å². The minimum absolute atomic E-state index is 0.0568. The van der Waals surface area contributed by atoms with Gasteiger partial charge in [0.15, 0.2) is 11.6 Å². The summed E-state index contributed by atoms with van der Waals surface area (Å²) >= 11 is 6.07. The molecule has 3 heterocycles. The zero-order valence-corrected chi connectivity index (χ0v) is 20.5. The lowest BCUT2D eigenvalue weighted by molar-refractivity contribution is 0.472. The molecule has 0 aliphatic heterocycles. The van der Waals surface area contributed by atoms with Crippen molar-refractivity contribution in [3.05, 3.63) is 102 Å². The highest BCUT2D eigenvalue weighted by atomic mass is 35.5. The summed E-state index contributed by atoms with van der Waals surface area (Å²) in [6, 6.07) is 26.7. The van der Waals surface area contributed by atoms with E-state index >= 15 is 0 Å². The SMILES string of the molecule is CN(c1ccc(Oc2ccnc3cc(O)cnc23)cc1)c1nnc(-c2ccc(Cl)cc2)c2ccccc12. The third kappa shape index (κ3) is 4.37. The van der Waals surface area contributed by atoms with Gasteiger partial charge >= 0.3 is 0 Å². The van der Waals surface area contributed by atoms with Crippen LogP contribution in [0, 0.1) is 0 Å².